The van der Waals surface area contributed by atoms with E-state index in [0.29, 0.717) is 30.3 Å². The second-order valence-corrected chi connectivity index (χ2v) is 7.14. The fourth-order valence-corrected chi connectivity index (χ4v) is 4.08. The molecule has 1 aliphatic heterocycles. The molecular weight excluding hydrogens is 326 g/mol. The summed E-state index contributed by atoms with van der Waals surface area (Å²) < 4.78 is 5.84. The molecule has 0 bridgehead atoms. The van der Waals surface area contributed by atoms with Gasteiger partial charge in [-0.25, -0.2) is 0 Å². The number of hydrogen-bond acceptors (Lipinski definition) is 4. The minimum atomic E-state index is -0.150. The number of anilines is 1. The standard InChI is InChI=1S/C21H25N3O2/c25-21(23-14-15-5-2-1-3-6-15)19-13-16(9-11-22-19)24-18-7-4-8-20-17(18)10-12-26-20/h1-3,5-6,9,11,13,17-18,20H,4,7-8,10,12,14H2,(H,22,24)(H,23,25). The average Bonchev–Trinajstić information content (AvgIpc) is 3.17. The Kier molecular flexibility index (Phi) is 5.16. The van der Waals surface area contributed by atoms with Crippen molar-refractivity contribution >= 4 is 11.6 Å². The molecule has 0 radical (unpaired) electrons. The summed E-state index contributed by atoms with van der Waals surface area (Å²) in [5.74, 6) is 0.426. The molecule has 1 amide bonds. The SMILES string of the molecule is O=C(NCc1ccccc1)c1cc(NC2CCCC3OCCC23)ccn1. The lowest BCUT2D eigenvalue weighted by molar-refractivity contribution is 0.0620. The van der Waals surface area contributed by atoms with Gasteiger partial charge in [0.25, 0.3) is 5.91 Å². The number of fused-ring (bicyclic) bond motifs is 1. The van der Waals surface area contributed by atoms with Gasteiger partial charge in [0.1, 0.15) is 5.69 Å². The van der Waals surface area contributed by atoms with Gasteiger partial charge in [-0.15, -0.1) is 0 Å². The molecule has 2 aromatic rings. The lowest BCUT2D eigenvalue weighted by atomic mass is 9.81. The number of pyridine rings is 1. The molecule has 3 atom stereocenters. The summed E-state index contributed by atoms with van der Waals surface area (Å²) in [6, 6.07) is 14.1. The summed E-state index contributed by atoms with van der Waals surface area (Å²) in [5.41, 5.74) is 2.48. The van der Waals surface area contributed by atoms with Crippen LogP contribution in [0.1, 0.15) is 41.7 Å². The maximum Gasteiger partial charge on any atom is 0.270 e. The van der Waals surface area contributed by atoms with Crippen LogP contribution < -0.4 is 10.6 Å². The zero-order valence-corrected chi connectivity index (χ0v) is 14.9. The maximum absolute atomic E-state index is 12.4. The molecule has 1 saturated carbocycles. The fraction of sp³-hybridized carbons (Fsp3) is 0.429. The lowest BCUT2D eigenvalue weighted by Crippen LogP contribution is -2.38. The van der Waals surface area contributed by atoms with E-state index in [1.807, 2.05) is 42.5 Å². The minimum absolute atomic E-state index is 0.150. The number of carbonyl (C=O) groups excluding carboxylic acids is 1. The second-order valence-electron chi connectivity index (χ2n) is 7.14. The lowest BCUT2D eigenvalue weighted by Gasteiger charge is -2.33. The first-order chi connectivity index (χ1) is 12.8. The van der Waals surface area contributed by atoms with Gasteiger partial charge in [-0.05, 0) is 43.4 Å². The smallest absolute Gasteiger partial charge is 0.270 e. The topological polar surface area (TPSA) is 63.2 Å². The third-order valence-corrected chi connectivity index (χ3v) is 5.42. The van der Waals surface area contributed by atoms with Gasteiger partial charge < -0.3 is 15.4 Å². The first-order valence-corrected chi connectivity index (χ1v) is 9.46. The van der Waals surface area contributed by atoms with Crippen molar-refractivity contribution in [1.29, 1.82) is 0 Å². The fourth-order valence-electron chi connectivity index (χ4n) is 4.08. The zero-order valence-electron chi connectivity index (χ0n) is 14.9. The Morgan fingerprint density at radius 1 is 1.15 bits per heavy atom. The van der Waals surface area contributed by atoms with Crippen LogP contribution >= 0.6 is 0 Å². The van der Waals surface area contributed by atoms with Crippen LogP contribution in [0.25, 0.3) is 0 Å². The van der Waals surface area contributed by atoms with E-state index in [1.165, 1.54) is 12.8 Å². The number of ether oxygens (including phenoxy) is 1. The molecule has 1 aliphatic carbocycles. The van der Waals surface area contributed by atoms with Crippen LogP contribution in [0.3, 0.4) is 0 Å². The van der Waals surface area contributed by atoms with E-state index in [-0.39, 0.29) is 5.91 Å². The van der Waals surface area contributed by atoms with E-state index < -0.39 is 0 Å². The van der Waals surface area contributed by atoms with Crippen molar-refractivity contribution in [2.45, 2.75) is 44.4 Å². The highest BCUT2D eigenvalue weighted by Crippen LogP contribution is 2.35. The number of carbonyl (C=O) groups is 1. The Morgan fingerprint density at radius 2 is 2.04 bits per heavy atom. The minimum Gasteiger partial charge on any atom is -0.382 e. The van der Waals surface area contributed by atoms with Gasteiger partial charge in [0.15, 0.2) is 0 Å². The van der Waals surface area contributed by atoms with Crippen LogP contribution in [-0.4, -0.2) is 29.6 Å². The van der Waals surface area contributed by atoms with Crippen molar-refractivity contribution in [3.8, 4) is 0 Å². The molecule has 5 nitrogen and oxygen atoms in total. The third kappa shape index (κ3) is 3.88. The van der Waals surface area contributed by atoms with Crippen LogP contribution in [0.4, 0.5) is 5.69 Å². The molecular formula is C21H25N3O2. The van der Waals surface area contributed by atoms with E-state index in [9.17, 15) is 4.79 Å². The van der Waals surface area contributed by atoms with E-state index in [1.54, 1.807) is 6.20 Å². The molecule has 1 aromatic heterocycles. The third-order valence-electron chi connectivity index (χ3n) is 5.42. The normalized spacial score (nSPS) is 24.7. The summed E-state index contributed by atoms with van der Waals surface area (Å²) >= 11 is 0. The number of rotatable bonds is 5. The molecule has 2 fully saturated rings. The van der Waals surface area contributed by atoms with Crippen molar-refractivity contribution in [3.05, 3.63) is 59.9 Å². The molecule has 2 aliphatic rings. The van der Waals surface area contributed by atoms with E-state index in [4.69, 9.17) is 4.74 Å². The highest BCUT2D eigenvalue weighted by atomic mass is 16.5. The van der Waals surface area contributed by atoms with E-state index in [0.717, 1.165) is 30.7 Å². The van der Waals surface area contributed by atoms with Crippen LogP contribution in [-0.2, 0) is 11.3 Å². The highest BCUT2D eigenvalue weighted by molar-refractivity contribution is 5.93. The summed E-state index contributed by atoms with van der Waals surface area (Å²) in [7, 11) is 0. The Hall–Kier alpha value is -2.40. The number of nitrogens with one attached hydrogen (secondary N) is 2. The van der Waals surface area contributed by atoms with Gasteiger partial charge >= 0.3 is 0 Å². The molecule has 2 heterocycles. The molecule has 2 N–H and O–H groups in total. The van der Waals surface area contributed by atoms with Crippen LogP contribution in [0.5, 0.6) is 0 Å². The number of nitrogens with zero attached hydrogens (tertiary/aromatic N) is 1. The first kappa shape index (κ1) is 17.0. The molecule has 1 saturated heterocycles. The van der Waals surface area contributed by atoms with Crippen molar-refractivity contribution in [1.82, 2.24) is 10.3 Å². The summed E-state index contributed by atoms with van der Waals surface area (Å²) in [5, 5.41) is 6.56. The molecule has 5 heteroatoms. The predicted octanol–water partition coefficient (Wildman–Crippen LogP) is 3.38. The largest absolute Gasteiger partial charge is 0.382 e. The van der Waals surface area contributed by atoms with Gasteiger partial charge in [-0.3, -0.25) is 9.78 Å². The van der Waals surface area contributed by atoms with E-state index in [2.05, 4.69) is 15.6 Å². The monoisotopic (exact) mass is 351 g/mol. The Bertz CT molecular complexity index is 750. The van der Waals surface area contributed by atoms with Crippen LogP contribution in [0, 0.1) is 5.92 Å². The van der Waals surface area contributed by atoms with Gasteiger partial charge in [0.2, 0.25) is 0 Å². The van der Waals surface area contributed by atoms with Crippen molar-refractivity contribution < 1.29 is 9.53 Å². The first-order valence-electron chi connectivity index (χ1n) is 9.46. The number of hydrogen-bond donors (Lipinski definition) is 2. The van der Waals surface area contributed by atoms with Crippen molar-refractivity contribution in [2.75, 3.05) is 11.9 Å². The molecule has 0 spiro atoms. The summed E-state index contributed by atoms with van der Waals surface area (Å²) in [6.45, 7) is 1.37. The Balaban J connectivity index is 1.39. The highest BCUT2D eigenvalue weighted by Gasteiger charge is 2.37. The zero-order chi connectivity index (χ0) is 17.8. The summed E-state index contributed by atoms with van der Waals surface area (Å²) in [6.07, 6.45) is 6.74. The molecule has 4 rings (SSSR count). The Morgan fingerprint density at radius 3 is 2.92 bits per heavy atom. The van der Waals surface area contributed by atoms with Crippen molar-refractivity contribution in [3.63, 3.8) is 0 Å². The van der Waals surface area contributed by atoms with Gasteiger partial charge in [-0.2, -0.15) is 0 Å². The van der Waals surface area contributed by atoms with Gasteiger partial charge in [-0.1, -0.05) is 30.3 Å². The molecule has 26 heavy (non-hydrogen) atoms. The average molecular weight is 351 g/mol. The Labute approximate surface area is 154 Å². The second kappa shape index (κ2) is 7.87. The number of amides is 1. The quantitative estimate of drug-likeness (QED) is 0.867. The molecule has 136 valence electrons. The van der Waals surface area contributed by atoms with Crippen LogP contribution in [0.15, 0.2) is 48.7 Å². The molecule has 1 aromatic carbocycles. The number of aromatic nitrogens is 1. The van der Waals surface area contributed by atoms with Gasteiger partial charge in [0, 0.05) is 37.0 Å². The molecule has 3 unspecified atom stereocenters. The maximum atomic E-state index is 12.4. The predicted molar refractivity (Wildman–Crippen MR) is 101 cm³/mol. The van der Waals surface area contributed by atoms with Crippen molar-refractivity contribution in [2.24, 2.45) is 5.92 Å². The van der Waals surface area contributed by atoms with Gasteiger partial charge in [0.05, 0.1) is 6.10 Å². The van der Waals surface area contributed by atoms with E-state index >= 15 is 0 Å². The number of benzene rings is 1. The van der Waals surface area contributed by atoms with Crippen LogP contribution in [0.2, 0.25) is 0 Å². The summed E-state index contributed by atoms with van der Waals surface area (Å²) in [4.78, 5) is 16.7.